The number of alkyl carbamates (subject to hydrolysis) is 1. The number of ether oxygens (including phenoxy) is 1. The predicted molar refractivity (Wildman–Crippen MR) is 143 cm³/mol. The van der Waals surface area contributed by atoms with Crippen molar-refractivity contribution in [1.82, 2.24) is 10.2 Å². The van der Waals surface area contributed by atoms with Crippen LogP contribution >= 0.6 is 0 Å². The summed E-state index contributed by atoms with van der Waals surface area (Å²) in [5, 5.41) is 5.38. The number of likely N-dealkylation sites (N-methyl/N-ethyl adjacent to an activating group) is 1. The minimum atomic E-state index is -1.31. The number of nitrogens with one attached hydrogen (secondary N) is 2. The number of nitrogens with two attached hydrogens (primary N) is 1. The van der Waals surface area contributed by atoms with Crippen molar-refractivity contribution in [2.45, 2.75) is 72.1 Å². The van der Waals surface area contributed by atoms with Gasteiger partial charge in [0, 0.05) is 12.2 Å². The minimum absolute atomic E-state index is 0.130. The van der Waals surface area contributed by atoms with Gasteiger partial charge in [-0.1, -0.05) is 49.4 Å². The second-order valence-electron chi connectivity index (χ2n) is 9.80. The number of hydrogen-bond acceptors (Lipinski definition) is 5. The summed E-state index contributed by atoms with van der Waals surface area (Å²) in [7, 11) is 0. The van der Waals surface area contributed by atoms with Crippen LogP contribution in [0.2, 0.25) is 0 Å². The topological polar surface area (TPSA) is 131 Å². The molecule has 0 spiro atoms. The Morgan fingerprint density at radius 3 is 2.14 bits per heavy atom. The maximum absolute atomic E-state index is 13.7. The molecule has 9 nitrogen and oxygen atoms in total. The fourth-order valence-corrected chi connectivity index (χ4v) is 3.84. The Labute approximate surface area is 218 Å². The van der Waals surface area contributed by atoms with Crippen molar-refractivity contribution in [3.05, 3.63) is 65.2 Å². The van der Waals surface area contributed by atoms with Crippen LogP contribution < -0.4 is 16.4 Å². The third-order valence-electron chi connectivity index (χ3n) is 5.68. The van der Waals surface area contributed by atoms with Crippen LogP contribution in [0.5, 0.6) is 0 Å². The monoisotopic (exact) mass is 510 g/mol. The molecule has 4 N–H and O–H groups in total. The van der Waals surface area contributed by atoms with Crippen LogP contribution in [0.15, 0.2) is 48.5 Å². The Hall–Kier alpha value is -3.88. The zero-order chi connectivity index (χ0) is 27.8. The second kappa shape index (κ2) is 12.9. The van der Waals surface area contributed by atoms with E-state index in [0.29, 0.717) is 11.3 Å². The zero-order valence-electron chi connectivity index (χ0n) is 22.5. The van der Waals surface area contributed by atoms with Gasteiger partial charge in [-0.05, 0) is 63.8 Å². The molecule has 0 aromatic heterocycles. The van der Waals surface area contributed by atoms with Gasteiger partial charge < -0.3 is 26.0 Å². The summed E-state index contributed by atoms with van der Waals surface area (Å²) in [5.41, 5.74) is 7.73. The van der Waals surface area contributed by atoms with Gasteiger partial charge in [-0.15, -0.1) is 0 Å². The molecule has 0 fully saturated rings. The number of carbonyl (C=O) groups is 4. The van der Waals surface area contributed by atoms with Crippen molar-refractivity contribution >= 4 is 29.5 Å². The quantitative estimate of drug-likeness (QED) is 0.447. The van der Waals surface area contributed by atoms with E-state index < -0.39 is 47.9 Å². The first kappa shape index (κ1) is 29.4. The molecule has 0 bridgehead atoms. The second-order valence-corrected chi connectivity index (χ2v) is 9.80. The predicted octanol–water partition coefficient (Wildman–Crippen LogP) is 3.85. The molecule has 9 heteroatoms. The molecule has 0 saturated carbocycles. The molecule has 2 unspecified atom stereocenters. The van der Waals surface area contributed by atoms with E-state index in [1.54, 1.807) is 45.9 Å². The molecule has 37 heavy (non-hydrogen) atoms. The standard InChI is InChI=1S/C28H38N4O5/c1-7-19-13-15-20(16-14-19)24(25(34)30-21-12-10-9-11-18(21)3)32(8-2)26(35)22(17-23(29)33)31-27(36)37-28(4,5)6/h9-16,22,24H,7-8,17H2,1-6H3,(H2,29,33)(H,30,34)(H,31,36). The zero-order valence-corrected chi connectivity index (χ0v) is 22.5. The third-order valence-corrected chi connectivity index (χ3v) is 5.68. The van der Waals surface area contributed by atoms with Crippen molar-refractivity contribution in [3.8, 4) is 0 Å². The molecule has 0 heterocycles. The Morgan fingerprint density at radius 1 is 1.00 bits per heavy atom. The highest BCUT2D eigenvalue weighted by Crippen LogP contribution is 2.26. The average molecular weight is 511 g/mol. The highest BCUT2D eigenvalue weighted by atomic mass is 16.6. The smallest absolute Gasteiger partial charge is 0.408 e. The van der Waals surface area contributed by atoms with E-state index in [1.807, 2.05) is 44.2 Å². The lowest BCUT2D eigenvalue weighted by Crippen LogP contribution is -2.53. The third kappa shape index (κ3) is 8.63. The molecular formula is C28H38N4O5. The van der Waals surface area contributed by atoms with Crippen molar-refractivity contribution < 1.29 is 23.9 Å². The number of rotatable bonds is 10. The summed E-state index contributed by atoms with van der Waals surface area (Å²) in [5.74, 6) is -1.83. The van der Waals surface area contributed by atoms with Gasteiger partial charge in [0.05, 0.1) is 6.42 Å². The van der Waals surface area contributed by atoms with Gasteiger partial charge in [-0.25, -0.2) is 4.79 Å². The molecule has 2 aromatic rings. The number of benzene rings is 2. The Kier molecular flexibility index (Phi) is 10.2. The Balaban J connectivity index is 2.47. The molecule has 0 aliphatic heterocycles. The van der Waals surface area contributed by atoms with Gasteiger partial charge in [0.15, 0.2) is 0 Å². The van der Waals surface area contributed by atoms with Gasteiger partial charge in [0.1, 0.15) is 17.7 Å². The molecule has 4 amide bonds. The number of amides is 4. The van der Waals surface area contributed by atoms with Crippen molar-refractivity contribution in [2.75, 3.05) is 11.9 Å². The maximum atomic E-state index is 13.7. The van der Waals surface area contributed by atoms with E-state index in [4.69, 9.17) is 10.5 Å². The van der Waals surface area contributed by atoms with Crippen LogP contribution in [-0.2, 0) is 25.5 Å². The highest BCUT2D eigenvalue weighted by molar-refractivity contribution is 6.00. The minimum Gasteiger partial charge on any atom is -0.444 e. The van der Waals surface area contributed by atoms with E-state index in [9.17, 15) is 19.2 Å². The SMILES string of the molecule is CCc1ccc(C(C(=O)Nc2ccccc2C)N(CC)C(=O)C(CC(N)=O)NC(=O)OC(C)(C)C)cc1. The van der Waals surface area contributed by atoms with Crippen LogP contribution in [0.25, 0.3) is 0 Å². The van der Waals surface area contributed by atoms with Crippen LogP contribution in [0.3, 0.4) is 0 Å². The van der Waals surface area contributed by atoms with Gasteiger partial charge in [0.25, 0.3) is 5.91 Å². The fourth-order valence-electron chi connectivity index (χ4n) is 3.84. The first-order valence-corrected chi connectivity index (χ1v) is 12.4. The summed E-state index contributed by atoms with van der Waals surface area (Å²) < 4.78 is 5.27. The van der Waals surface area contributed by atoms with Crippen molar-refractivity contribution in [1.29, 1.82) is 0 Å². The Morgan fingerprint density at radius 2 is 1.62 bits per heavy atom. The van der Waals surface area contributed by atoms with Crippen LogP contribution in [0.4, 0.5) is 10.5 Å². The van der Waals surface area contributed by atoms with E-state index in [2.05, 4.69) is 10.6 Å². The summed E-state index contributed by atoms with van der Waals surface area (Å²) in [6, 6.07) is 12.4. The van der Waals surface area contributed by atoms with Crippen LogP contribution in [0.1, 0.15) is 63.8 Å². The molecule has 200 valence electrons. The number of primary amides is 1. The van der Waals surface area contributed by atoms with Gasteiger partial charge >= 0.3 is 6.09 Å². The van der Waals surface area contributed by atoms with E-state index in [1.165, 1.54) is 4.90 Å². The van der Waals surface area contributed by atoms with Gasteiger partial charge in [-0.2, -0.15) is 0 Å². The van der Waals surface area contributed by atoms with Crippen LogP contribution in [0, 0.1) is 6.92 Å². The molecule has 0 aliphatic rings. The summed E-state index contributed by atoms with van der Waals surface area (Å²) >= 11 is 0. The van der Waals surface area contributed by atoms with E-state index in [-0.39, 0.29) is 6.54 Å². The van der Waals surface area contributed by atoms with Crippen molar-refractivity contribution in [3.63, 3.8) is 0 Å². The Bertz CT molecular complexity index is 1110. The molecule has 2 atom stereocenters. The van der Waals surface area contributed by atoms with Gasteiger partial charge in [-0.3, -0.25) is 14.4 Å². The van der Waals surface area contributed by atoms with Gasteiger partial charge in [0.2, 0.25) is 11.8 Å². The number of hydrogen-bond donors (Lipinski definition) is 3. The lowest BCUT2D eigenvalue weighted by molar-refractivity contribution is -0.141. The largest absolute Gasteiger partial charge is 0.444 e. The summed E-state index contributed by atoms with van der Waals surface area (Å²) in [6.45, 7) is 10.8. The highest BCUT2D eigenvalue weighted by Gasteiger charge is 2.36. The van der Waals surface area contributed by atoms with E-state index >= 15 is 0 Å². The molecule has 2 aromatic carbocycles. The average Bonchev–Trinajstić information content (AvgIpc) is 2.81. The fraction of sp³-hybridized carbons (Fsp3) is 0.429. The number of aryl methyl sites for hydroxylation is 2. The summed E-state index contributed by atoms with van der Waals surface area (Å²) in [4.78, 5) is 53.0. The normalized spacial score (nSPS) is 12.7. The van der Waals surface area contributed by atoms with Crippen LogP contribution in [-0.4, -0.2) is 46.9 Å². The first-order chi connectivity index (χ1) is 17.4. The molecule has 0 radical (unpaired) electrons. The number of nitrogens with zero attached hydrogens (tertiary/aromatic N) is 1. The number of anilines is 1. The maximum Gasteiger partial charge on any atom is 0.408 e. The molecule has 0 aliphatic carbocycles. The lowest BCUT2D eigenvalue weighted by atomic mass is 10.00. The summed E-state index contributed by atoms with van der Waals surface area (Å²) in [6.07, 6.45) is -0.497. The first-order valence-electron chi connectivity index (χ1n) is 12.4. The number of carbonyl (C=O) groups excluding carboxylic acids is 4. The molecule has 2 rings (SSSR count). The molecular weight excluding hydrogens is 472 g/mol. The molecule has 0 saturated heterocycles. The van der Waals surface area contributed by atoms with Crippen molar-refractivity contribution in [2.24, 2.45) is 5.73 Å². The number of para-hydroxylation sites is 1. The van der Waals surface area contributed by atoms with E-state index in [0.717, 1.165) is 17.5 Å². The lowest BCUT2D eigenvalue weighted by Gasteiger charge is -2.33.